The Morgan fingerprint density at radius 3 is 2.74 bits per heavy atom. The van der Waals surface area contributed by atoms with Crippen LogP contribution in [0.15, 0.2) is 41.0 Å². The molecule has 100 valence electrons. The average molecular weight is 323 g/mol. The molecule has 2 rings (SSSR count). The van der Waals surface area contributed by atoms with Gasteiger partial charge in [-0.2, -0.15) is 0 Å². The van der Waals surface area contributed by atoms with E-state index in [4.69, 9.17) is 0 Å². The summed E-state index contributed by atoms with van der Waals surface area (Å²) in [7, 11) is 1.88. The lowest BCUT2D eigenvalue weighted by Crippen LogP contribution is -2.19. The first-order valence-electron chi connectivity index (χ1n) is 6.14. The number of halogens is 2. The summed E-state index contributed by atoms with van der Waals surface area (Å²) in [6, 6.07) is 9.06. The Labute approximate surface area is 121 Å². The van der Waals surface area contributed by atoms with Crippen LogP contribution < -0.4 is 5.32 Å². The van der Waals surface area contributed by atoms with Crippen LogP contribution in [0.3, 0.4) is 0 Å². The molecule has 0 aliphatic carbocycles. The second kappa shape index (κ2) is 6.26. The van der Waals surface area contributed by atoms with Crippen LogP contribution in [0.1, 0.15) is 22.9 Å². The van der Waals surface area contributed by atoms with Crippen molar-refractivity contribution in [3.8, 4) is 0 Å². The lowest BCUT2D eigenvalue weighted by molar-refractivity contribution is 0.553. The predicted octanol–water partition coefficient (Wildman–Crippen LogP) is 3.79. The Balaban J connectivity index is 2.23. The maximum Gasteiger partial charge on any atom is 0.126 e. The summed E-state index contributed by atoms with van der Waals surface area (Å²) >= 11 is 3.37. The third-order valence-corrected chi connectivity index (χ3v) is 3.61. The summed E-state index contributed by atoms with van der Waals surface area (Å²) in [4.78, 5) is 4.29. The molecule has 1 N–H and O–H groups in total. The van der Waals surface area contributed by atoms with Gasteiger partial charge >= 0.3 is 0 Å². The number of pyridine rings is 1. The zero-order valence-electron chi connectivity index (χ0n) is 11.0. The topological polar surface area (TPSA) is 24.9 Å². The number of aromatic nitrogens is 1. The van der Waals surface area contributed by atoms with E-state index in [0.29, 0.717) is 12.0 Å². The summed E-state index contributed by atoms with van der Waals surface area (Å²) < 4.78 is 14.7. The molecule has 0 amide bonds. The van der Waals surface area contributed by atoms with E-state index >= 15 is 0 Å². The number of benzene rings is 1. The molecule has 19 heavy (non-hydrogen) atoms. The number of likely N-dealkylation sites (N-methyl/N-ethyl adjacent to an activating group) is 1. The van der Waals surface area contributed by atoms with Crippen LogP contribution in [0, 0.1) is 12.7 Å². The van der Waals surface area contributed by atoms with Gasteiger partial charge in [0.2, 0.25) is 0 Å². The van der Waals surface area contributed by atoms with Crippen LogP contribution in [0.4, 0.5) is 4.39 Å². The van der Waals surface area contributed by atoms with Gasteiger partial charge in [-0.05, 0) is 55.8 Å². The molecule has 1 atom stereocenters. The maximum absolute atomic E-state index is 13.8. The van der Waals surface area contributed by atoms with Gasteiger partial charge in [-0.1, -0.05) is 22.0 Å². The molecule has 0 aliphatic heterocycles. The number of rotatable bonds is 4. The van der Waals surface area contributed by atoms with Crippen molar-refractivity contribution in [1.82, 2.24) is 10.3 Å². The molecule has 0 spiro atoms. The van der Waals surface area contributed by atoms with Crippen LogP contribution in [-0.4, -0.2) is 12.0 Å². The van der Waals surface area contributed by atoms with Gasteiger partial charge < -0.3 is 5.32 Å². The third-order valence-electron chi connectivity index (χ3n) is 3.12. The Morgan fingerprint density at radius 1 is 1.32 bits per heavy atom. The molecule has 0 saturated carbocycles. The Bertz CT molecular complexity index is 555. The molecule has 2 aromatic rings. The lowest BCUT2D eigenvalue weighted by Gasteiger charge is -2.17. The SMILES string of the molecule is CNC(Cc1cc(Br)ccc1F)c1ccc(C)nc1. The fraction of sp³-hybridized carbons (Fsp3) is 0.267. The molecule has 0 saturated heterocycles. The molecule has 1 heterocycles. The van der Waals surface area contributed by atoms with Crippen molar-refractivity contribution < 1.29 is 4.39 Å². The van der Waals surface area contributed by atoms with Gasteiger partial charge in [-0.3, -0.25) is 4.98 Å². The van der Waals surface area contributed by atoms with Crippen LogP contribution in [0.25, 0.3) is 0 Å². The first-order chi connectivity index (χ1) is 9.10. The van der Waals surface area contributed by atoms with Gasteiger partial charge in [0.05, 0.1) is 0 Å². The van der Waals surface area contributed by atoms with Crippen molar-refractivity contribution in [2.75, 3.05) is 7.05 Å². The Morgan fingerprint density at radius 2 is 2.11 bits per heavy atom. The van der Waals surface area contributed by atoms with Gasteiger partial charge in [-0.25, -0.2) is 4.39 Å². The quantitative estimate of drug-likeness (QED) is 0.926. The van der Waals surface area contributed by atoms with E-state index in [9.17, 15) is 4.39 Å². The molecular weight excluding hydrogens is 307 g/mol. The zero-order chi connectivity index (χ0) is 13.8. The second-order valence-electron chi connectivity index (χ2n) is 4.51. The van der Waals surface area contributed by atoms with E-state index in [1.807, 2.05) is 38.4 Å². The maximum atomic E-state index is 13.8. The summed E-state index contributed by atoms with van der Waals surface area (Å²) in [5, 5.41) is 3.21. The summed E-state index contributed by atoms with van der Waals surface area (Å²) in [6.07, 6.45) is 2.43. The first-order valence-corrected chi connectivity index (χ1v) is 6.93. The van der Waals surface area contributed by atoms with E-state index in [1.165, 1.54) is 6.07 Å². The first kappa shape index (κ1) is 14.2. The molecule has 0 bridgehead atoms. The van der Waals surface area contributed by atoms with E-state index in [2.05, 4.69) is 26.2 Å². The van der Waals surface area contributed by atoms with Crippen molar-refractivity contribution in [2.45, 2.75) is 19.4 Å². The molecule has 1 aromatic carbocycles. The van der Waals surface area contributed by atoms with Gasteiger partial charge in [0.25, 0.3) is 0 Å². The average Bonchev–Trinajstić information content (AvgIpc) is 2.41. The van der Waals surface area contributed by atoms with Crippen LogP contribution in [0.2, 0.25) is 0 Å². The third kappa shape index (κ3) is 3.61. The van der Waals surface area contributed by atoms with Gasteiger partial charge in [0.1, 0.15) is 5.82 Å². The minimum Gasteiger partial charge on any atom is -0.313 e. The Kier molecular flexibility index (Phi) is 4.66. The van der Waals surface area contributed by atoms with Gasteiger partial charge in [0.15, 0.2) is 0 Å². The molecule has 4 heteroatoms. The zero-order valence-corrected chi connectivity index (χ0v) is 12.5. The highest BCUT2D eigenvalue weighted by Gasteiger charge is 2.13. The van der Waals surface area contributed by atoms with Crippen molar-refractivity contribution >= 4 is 15.9 Å². The van der Waals surface area contributed by atoms with Crippen molar-refractivity contribution in [3.05, 3.63) is 63.6 Å². The number of aryl methyl sites for hydroxylation is 1. The van der Waals surface area contributed by atoms with E-state index in [-0.39, 0.29) is 11.9 Å². The highest BCUT2D eigenvalue weighted by Crippen LogP contribution is 2.22. The van der Waals surface area contributed by atoms with Crippen LogP contribution >= 0.6 is 15.9 Å². The fourth-order valence-corrected chi connectivity index (χ4v) is 2.40. The summed E-state index contributed by atoms with van der Waals surface area (Å²) in [5.74, 6) is -0.177. The molecule has 0 aliphatic rings. The van der Waals surface area contributed by atoms with E-state index < -0.39 is 0 Å². The number of hydrogen-bond donors (Lipinski definition) is 1. The van der Waals surface area contributed by atoms with E-state index in [0.717, 1.165) is 15.7 Å². The smallest absolute Gasteiger partial charge is 0.126 e. The summed E-state index contributed by atoms with van der Waals surface area (Å²) in [6.45, 7) is 1.95. The molecule has 0 radical (unpaired) electrons. The minimum atomic E-state index is -0.177. The van der Waals surface area contributed by atoms with Crippen molar-refractivity contribution in [1.29, 1.82) is 0 Å². The largest absolute Gasteiger partial charge is 0.313 e. The minimum absolute atomic E-state index is 0.0527. The normalized spacial score (nSPS) is 12.4. The molecule has 2 nitrogen and oxygen atoms in total. The van der Waals surface area contributed by atoms with Crippen LogP contribution in [0.5, 0.6) is 0 Å². The number of nitrogens with zero attached hydrogens (tertiary/aromatic N) is 1. The Hall–Kier alpha value is -1.26. The van der Waals surface area contributed by atoms with E-state index in [1.54, 1.807) is 6.07 Å². The standard InChI is InChI=1S/C15H16BrFN2/c1-10-3-4-11(9-19-10)15(18-2)8-12-7-13(16)5-6-14(12)17/h3-7,9,15,18H,8H2,1-2H3. The fourth-order valence-electron chi connectivity index (χ4n) is 1.99. The monoisotopic (exact) mass is 322 g/mol. The summed E-state index contributed by atoms with van der Waals surface area (Å²) in [5.41, 5.74) is 2.73. The molecule has 1 aromatic heterocycles. The molecular formula is C15H16BrFN2. The van der Waals surface area contributed by atoms with Crippen molar-refractivity contribution in [2.24, 2.45) is 0 Å². The van der Waals surface area contributed by atoms with Crippen LogP contribution in [-0.2, 0) is 6.42 Å². The van der Waals surface area contributed by atoms with Crippen molar-refractivity contribution in [3.63, 3.8) is 0 Å². The number of hydrogen-bond acceptors (Lipinski definition) is 2. The second-order valence-corrected chi connectivity index (χ2v) is 5.43. The molecule has 1 unspecified atom stereocenters. The highest BCUT2D eigenvalue weighted by atomic mass is 79.9. The lowest BCUT2D eigenvalue weighted by atomic mass is 10.00. The van der Waals surface area contributed by atoms with Gasteiger partial charge in [-0.15, -0.1) is 0 Å². The van der Waals surface area contributed by atoms with Gasteiger partial charge in [0, 0.05) is 22.4 Å². The molecule has 0 fully saturated rings. The highest BCUT2D eigenvalue weighted by molar-refractivity contribution is 9.10. The number of nitrogens with one attached hydrogen (secondary N) is 1. The predicted molar refractivity (Wildman–Crippen MR) is 78.6 cm³/mol.